The number of anilines is 1. The standard InChI is InChI=1S/C21H22N2O3S/c1-15-10-11-19(25-2)17(13-15)18-14-27-21(22-18)23-20(24)9-6-12-26-16-7-4-3-5-8-16/h3-5,7-8,10-11,13-14H,6,9,12H2,1-2H3,(H,22,23,24). The highest BCUT2D eigenvalue weighted by molar-refractivity contribution is 7.14. The Hall–Kier alpha value is -2.86. The van der Waals surface area contributed by atoms with Crippen LogP contribution in [-0.4, -0.2) is 24.6 Å². The maximum atomic E-state index is 12.1. The van der Waals surface area contributed by atoms with Crippen LogP contribution >= 0.6 is 11.3 Å². The summed E-state index contributed by atoms with van der Waals surface area (Å²) in [5.74, 6) is 1.51. The van der Waals surface area contributed by atoms with Crippen molar-refractivity contribution < 1.29 is 14.3 Å². The molecule has 0 atom stereocenters. The fourth-order valence-corrected chi connectivity index (χ4v) is 3.32. The lowest BCUT2D eigenvalue weighted by molar-refractivity contribution is -0.116. The van der Waals surface area contributed by atoms with E-state index in [0.717, 1.165) is 28.3 Å². The fourth-order valence-electron chi connectivity index (χ4n) is 2.60. The molecule has 0 aliphatic rings. The number of para-hydroxylation sites is 1. The van der Waals surface area contributed by atoms with Crippen LogP contribution in [0.5, 0.6) is 11.5 Å². The lowest BCUT2D eigenvalue weighted by Gasteiger charge is -2.07. The number of aromatic nitrogens is 1. The number of ether oxygens (including phenoxy) is 2. The first-order chi connectivity index (χ1) is 13.2. The highest BCUT2D eigenvalue weighted by Crippen LogP contribution is 2.33. The lowest BCUT2D eigenvalue weighted by atomic mass is 10.1. The Bertz CT molecular complexity index is 893. The Morgan fingerprint density at radius 1 is 1.19 bits per heavy atom. The van der Waals surface area contributed by atoms with Gasteiger partial charge in [0.15, 0.2) is 5.13 Å². The van der Waals surface area contributed by atoms with Gasteiger partial charge in [-0.3, -0.25) is 4.79 Å². The van der Waals surface area contributed by atoms with Crippen molar-refractivity contribution in [3.8, 4) is 22.8 Å². The van der Waals surface area contributed by atoms with Crippen LogP contribution in [-0.2, 0) is 4.79 Å². The normalized spacial score (nSPS) is 10.4. The highest BCUT2D eigenvalue weighted by atomic mass is 32.1. The van der Waals surface area contributed by atoms with Crippen molar-refractivity contribution >= 4 is 22.4 Å². The van der Waals surface area contributed by atoms with Crippen LogP contribution in [0.2, 0.25) is 0 Å². The van der Waals surface area contributed by atoms with Crippen molar-refractivity contribution in [3.05, 3.63) is 59.5 Å². The van der Waals surface area contributed by atoms with Crippen LogP contribution in [0.4, 0.5) is 5.13 Å². The van der Waals surface area contributed by atoms with Gasteiger partial charge < -0.3 is 14.8 Å². The molecule has 0 spiro atoms. The van der Waals surface area contributed by atoms with E-state index in [1.54, 1.807) is 7.11 Å². The zero-order valence-corrected chi connectivity index (χ0v) is 16.2. The molecule has 27 heavy (non-hydrogen) atoms. The van der Waals surface area contributed by atoms with Crippen molar-refractivity contribution in [2.45, 2.75) is 19.8 Å². The van der Waals surface area contributed by atoms with E-state index < -0.39 is 0 Å². The number of aryl methyl sites for hydroxylation is 1. The largest absolute Gasteiger partial charge is 0.496 e. The molecule has 2 aromatic carbocycles. The van der Waals surface area contributed by atoms with Gasteiger partial charge in [-0.05, 0) is 37.6 Å². The van der Waals surface area contributed by atoms with Crippen LogP contribution < -0.4 is 14.8 Å². The minimum atomic E-state index is -0.0660. The Kier molecular flexibility index (Phi) is 6.44. The summed E-state index contributed by atoms with van der Waals surface area (Å²) in [6.45, 7) is 2.52. The third-order valence-electron chi connectivity index (χ3n) is 3.94. The Morgan fingerprint density at radius 3 is 2.78 bits per heavy atom. The second kappa shape index (κ2) is 9.19. The van der Waals surface area contributed by atoms with Crippen LogP contribution in [0.15, 0.2) is 53.9 Å². The third kappa shape index (κ3) is 5.31. The molecule has 140 valence electrons. The molecule has 5 nitrogen and oxygen atoms in total. The van der Waals surface area contributed by atoms with Gasteiger partial charge in [0.25, 0.3) is 0 Å². The van der Waals surface area contributed by atoms with Gasteiger partial charge in [-0.25, -0.2) is 4.98 Å². The van der Waals surface area contributed by atoms with Crippen molar-refractivity contribution in [2.24, 2.45) is 0 Å². The van der Waals surface area contributed by atoms with E-state index in [-0.39, 0.29) is 5.91 Å². The fraction of sp³-hybridized carbons (Fsp3) is 0.238. The highest BCUT2D eigenvalue weighted by Gasteiger charge is 2.12. The van der Waals surface area contributed by atoms with Gasteiger partial charge in [-0.1, -0.05) is 29.8 Å². The summed E-state index contributed by atoms with van der Waals surface area (Å²) >= 11 is 1.40. The smallest absolute Gasteiger partial charge is 0.226 e. The molecule has 0 fully saturated rings. The molecular formula is C21H22N2O3S. The Balaban J connectivity index is 1.51. The summed E-state index contributed by atoms with van der Waals surface area (Å²) in [7, 11) is 1.64. The van der Waals surface area contributed by atoms with E-state index in [9.17, 15) is 4.79 Å². The second-order valence-electron chi connectivity index (χ2n) is 6.05. The van der Waals surface area contributed by atoms with E-state index in [1.165, 1.54) is 11.3 Å². The zero-order valence-electron chi connectivity index (χ0n) is 15.4. The van der Waals surface area contributed by atoms with Gasteiger partial charge in [0.2, 0.25) is 5.91 Å². The van der Waals surface area contributed by atoms with E-state index >= 15 is 0 Å². The number of carbonyl (C=O) groups excluding carboxylic acids is 1. The summed E-state index contributed by atoms with van der Waals surface area (Å²) in [4.78, 5) is 16.6. The first kappa shape index (κ1) is 18.9. The number of hydrogen-bond donors (Lipinski definition) is 1. The molecule has 1 amide bonds. The quantitative estimate of drug-likeness (QED) is 0.562. The van der Waals surface area contributed by atoms with Crippen molar-refractivity contribution in [2.75, 3.05) is 19.0 Å². The monoisotopic (exact) mass is 382 g/mol. The Morgan fingerprint density at radius 2 is 2.00 bits per heavy atom. The summed E-state index contributed by atoms with van der Waals surface area (Å²) in [6, 6.07) is 15.5. The molecule has 0 saturated carbocycles. The first-order valence-electron chi connectivity index (χ1n) is 8.74. The number of methoxy groups -OCH3 is 1. The molecule has 0 aliphatic heterocycles. The molecule has 1 heterocycles. The second-order valence-corrected chi connectivity index (χ2v) is 6.91. The average Bonchev–Trinajstić information content (AvgIpc) is 3.14. The van der Waals surface area contributed by atoms with E-state index in [0.29, 0.717) is 24.6 Å². The number of thiazole rings is 1. The van der Waals surface area contributed by atoms with E-state index in [1.807, 2.05) is 60.8 Å². The Labute approximate surface area is 163 Å². The summed E-state index contributed by atoms with van der Waals surface area (Å²) in [5.41, 5.74) is 2.84. The van der Waals surface area contributed by atoms with Crippen LogP contribution in [0.1, 0.15) is 18.4 Å². The van der Waals surface area contributed by atoms with Crippen molar-refractivity contribution in [3.63, 3.8) is 0 Å². The molecule has 0 aliphatic carbocycles. The van der Waals surface area contributed by atoms with Gasteiger partial charge in [0.05, 0.1) is 19.4 Å². The molecule has 1 aromatic heterocycles. The molecule has 0 radical (unpaired) electrons. The van der Waals surface area contributed by atoms with Crippen LogP contribution in [0, 0.1) is 6.92 Å². The minimum absolute atomic E-state index is 0.0660. The molecule has 1 N–H and O–H groups in total. The zero-order chi connectivity index (χ0) is 19.1. The van der Waals surface area contributed by atoms with Crippen LogP contribution in [0.3, 0.4) is 0 Å². The number of nitrogens with zero attached hydrogens (tertiary/aromatic N) is 1. The molecule has 0 unspecified atom stereocenters. The summed E-state index contributed by atoms with van der Waals surface area (Å²) < 4.78 is 11.0. The van der Waals surface area contributed by atoms with Gasteiger partial charge in [0.1, 0.15) is 11.5 Å². The van der Waals surface area contributed by atoms with E-state index in [2.05, 4.69) is 10.3 Å². The van der Waals surface area contributed by atoms with Crippen molar-refractivity contribution in [1.82, 2.24) is 4.98 Å². The molecule has 0 saturated heterocycles. The van der Waals surface area contributed by atoms with Crippen molar-refractivity contribution in [1.29, 1.82) is 0 Å². The van der Waals surface area contributed by atoms with E-state index in [4.69, 9.17) is 9.47 Å². The number of amides is 1. The summed E-state index contributed by atoms with van der Waals surface area (Å²) in [6.07, 6.45) is 1.03. The van der Waals surface area contributed by atoms with Crippen LogP contribution in [0.25, 0.3) is 11.3 Å². The molecule has 0 bridgehead atoms. The number of hydrogen-bond acceptors (Lipinski definition) is 5. The molecular weight excluding hydrogens is 360 g/mol. The van der Waals surface area contributed by atoms with Gasteiger partial charge in [-0.2, -0.15) is 0 Å². The topological polar surface area (TPSA) is 60.5 Å². The minimum Gasteiger partial charge on any atom is -0.496 e. The lowest BCUT2D eigenvalue weighted by Crippen LogP contribution is -2.12. The maximum Gasteiger partial charge on any atom is 0.226 e. The number of rotatable bonds is 8. The third-order valence-corrected chi connectivity index (χ3v) is 4.70. The SMILES string of the molecule is COc1ccc(C)cc1-c1csc(NC(=O)CCCOc2ccccc2)n1. The summed E-state index contributed by atoms with van der Waals surface area (Å²) in [5, 5.41) is 5.36. The maximum absolute atomic E-state index is 12.1. The number of benzene rings is 2. The number of carbonyl (C=O) groups is 1. The number of nitrogens with one attached hydrogen (secondary N) is 1. The molecule has 6 heteroatoms. The average molecular weight is 382 g/mol. The van der Waals surface area contributed by atoms with Gasteiger partial charge >= 0.3 is 0 Å². The predicted octanol–water partition coefficient (Wildman–Crippen LogP) is 4.92. The first-order valence-corrected chi connectivity index (χ1v) is 9.62. The van der Waals surface area contributed by atoms with Gasteiger partial charge in [0, 0.05) is 17.4 Å². The van der Waals surface area contributed by atoms with Gasteiger partial charge in [-0.15, -0.1) is 11.3 Å². The molecule has 3 aromatic rings. The predicted molar refractivity (Wildman–Crippen MR) is 109 cm³/mol. The molecule has 3 rings (SSSR count).